The Morgan fingerprint density at radius 2 is 2.11 bits per heavy atom. The Balaban J connectivity index is 2.22. The van der Waals surface area contributed by atoms with Gasteiger partial charge in [-0.1, -0.05) is 17.0 Å². The molecule has 2 aromatic heterocycles. The van der Waals surface area contributed by atoms with E-state index < -0.39 is 0 Å². The molecule has 0 aliphatic rings. The molecule has 0 bridgehead atoms. The lowest BCUT2D eigenvalue weighted by atomic mass is 10.2. The zero-order chi connectivity index (χ0) is 12.5. The van der Waals surface area contributed by atoms with E-state index in [1.165, 1.54) is 4.68 Å². The van der Waals surface area contributed by atoms with Crippen LogP contribution in [0.3, 0.4) is 0 Å². The first kappa shape index (κ1) is 10.4. The van der Waals surface area contributed by atoms with Crippen LogP contribution in [0, 0.1) is 16.5 Å². The van der Waals surface area contributed by atoms with Gasteiger partial charge in [-0.3, -0.25) is 0 Å². The highest BCUT2D eigenvalue weighted by Gasteiger charge is 2.20. The number of fused-ring (bicyclic) bond motifs is 1. The van der Waals surface area contributed by atoms with Gasteiger partial charge in [0.1, 0.15) is 18.4 Å². The third kappa shape index (κ3) is 1.44. The van der Waals surface area contributed by atoms with Crippen LogP contribution in [0.1, 0.15) is 11.5 Å². The van der Waals surface area contributed by atoms with Gasteiger partial charge in [0.25, 0.3) is 5.52 Å². The van der Waals surface area contributed by atoms with Crippen LogP contribution in [0.5, 0.6) is 0 Å². The molecule has 5 heteroatoms. The second-order valence-electron chi connectivity index (χ2n) is 3.89. The largest absolute Gasteiger partial charge is 0.595 e. The van der Waals surface area contributed by atoms with Crippen LogP contribution in [0.15, 0.2) is 47.1 Å². The predicted molar refractivity (Wildman–Crippen MR) is 63.4 cm³/mol. The molecule has 0 N–H and O–H groups in total. The molecule has 18 heavy (non-hydrogen) atoms. The first-order valence-corrected chi connectivity index (χ1v) is 5.45. The molecule has 88 valence electrons. The first-order valence-electron chi connectivity index (χ1n) is 5.45. The Bertz CT molecular complexity index is 736. The van der Waals surface area contributed by atoms with Gasteiger partial charge >= 0.3 is 0 Å². The molecule has 3 rings (SSSR count). The second kappa shape index (κ2) is 3.93. The molecule has 0 aliphatic heterocycles. The van der Waals surface area contributed by atoms with Gasteiger partial charge in [0.05, 0.1) is 11.6 Å². The average molecular weight is 239 g/mol. The van der Waals surface area contributed by atoms with Gasteiger partial charge in [-0.15, -0.1) is 4.68 Å². The van der Waals surface area contributed by atoms with E-state index in [1.54, 1.807) is 42.7 Å². The summed E-state index contributed by atoms with van der Waals surface area (Å²) in [5, 5.41) is 22.0. The number of aromatic nitrogens is 2. The predicted octanol–water partition coefficient (Wildman–Crippen LogP) is 1.79. The topological polar surface area (TPSA) is 68.8 Å². The average Bonchev–Trinajstić information content (AvgIpc) is 2.99. The van der Waals surface area contributed by atoms with E-state index in [9.17, 15) is 10.5 Å². The molecule has 0 radical (unpaired) electrons. The third-order valence-corrected chi connectivity index (χ3v) is 2.83. The molecule has 0 spiro atoms. The van der Waals surface area contributed by atoms with E-state index in [4.69, 9.17) is 4.42 Å². The number of para-hydroxylation sites is 1. The summed E-state index contributed by atoms with van der Waals surface area (Å²) in [5.41, 5.74) is 0.831. The summed E-state index contributed by atoms with van der Waals surface area (Å²) in [7, 11) is 0. The molecule has 0 atom stereocenters. The van der Waals surface area contributed by atoms with Crippen LogP contribution >= 0.6 is 0 Å². The summed E-state index contributed by atoms with van der Waals surface area (Å²) >= 11 is 0. The number of benzene rings is 1. The molecule has 0 saturated carbocycles. The first-order chi connectivity index (χ1) is 8.81. The molecule has 2 heterocycles. The molecule has 5 nitrogen and oxygen atoms in total. The van der Waals surface area contributed by atoms with E-state index in [0.29, 0.717) is 22.4 Å². The maximum absolute atomic E-state index is 12.1. The van der Waals surface area contributed by atoms with Gasteiger partial charge in [-0.25, -0.2) is 0 Å². The van der Waals surface area contributed by atoms with E-state index in [-0.39, 0.29) is 6.54 Å². The molecule has 1 aromatic carbocycles. The minimum Gasteiger partial charge on any atom is -0.595 e. The van der Waals surface area contributed by atoms with Crippen molar-refractivity contribution in [1.29, 1.82) is 5.26 Å². The Labute approximate surface area is 103 Å². The summed E-state index contributed by atoms with van der Waals surface area (Å²) in [5.74, 6) is 0.636. The van der Waals surface area contributed by atoms with Crippen molar-refractivity contribution in [3.05, 3.63) is 59.3 Å². The SMILES string of the molecule is N#Cc1c2ccccc2[n+]([O-])n1Cc1ccco1. The van der Waals surface area contributed by atoms with Crippen LogP contribution in [-0.4, -0.2) is 4.68 Å². The van der Waals surface area contributed by atoms with Gasteiger partial charge in [0.15, 0.2) is 5.69 Å². The smallest absolute Gasteiger partial charge is 0.252 e. The molecular formula is C13H9N3O2. The van der Waals surface area contributed by atoms with Crippen molar-refractivity contribution in [2.75, 3.05) is 0 Å². The summed E-state index contributed by atoms with van der Waals surface area (Å²) in [6, 6.07) is 12.6. The van der Waals surface area contributed by atoms with Crippen molar-refractivity contribution < 1.29 is 9.26 Å². The minimum atomic E-state index is 0.244. The zero-order valence-corrected chi connectivity index (χ0v) is 9.41. The minimum absolute atomic E-state index is 0.244. The fourth-order valence-electron chi connectivity index (χ4n) is 2.01. The number of rotatable bonds is 2. The van der Waals surface area contributed by atoms with Gasteiger partial charge in [0, 0.05) is 6.07 Å². The summed E-state index contributed by atoms with van der Waals surface area (Å²) in [6.07, 6.45) is 1.54. The van der Waals surface area contributed by atoms with Crippen molar-refractivity contribution in [2.45, 2.75) is 6.54 Å². The molecule has 3 aromatic rings. The molecule has 0 fully saturated rings. The lowest BCUT2D eigenvalue weighted by molar-refractivity contribution is -0.669. The lowest BCUT2D eigenvalue weighted by Crippen LogP contribution is -2.38. The summed E-state index contributed by atoms with van der Waals surface area (Å²) < 4.78 is 6.57. The fourth-order valence-corrected chi connectivity index (χ4v) is 2.01. The molecule has 0 aliphatic carbocycles. The lowest BCUT2D eigenvalue weighted by Gasteiger charge is -2.01. The molecule has 0 unspecified atom stereocenters. The summed E-state index contributed by atoms with van der Waals surface area (Å²) in [6.45, 7) is 0.244. The number of nitrogens with zero attached hydrogens (tertiary/aromatic N) is 3. The Morgan fingerprint density at radius 1 is 1.28 bits per heavy atom. The Hall–Kier alpha value is -2.74. The normalized spacial score (nSPS) is 10.6. The van der Waals surface area contributed by atoms with Crippen molar-refractivity contribution >= 4 is 10.9 Å². The summed E-state index contributed by atoms with van der Waals surface area (Å²) in [4.78, 5) is 0.733. The van der Waals surface area contributed by atoms with E-state index in [2.05, 4.69) is 6.07 Å². The van der Waals surface area contributed by atoms with Gasteiger partial charge in [-0.05, 0) is 18.2 Å². The van der Waals surface area contributed by atoms with Crippen LogP contribution in [0.2, 0.25) is 0 Å². The zero-order valence-electron chi connectivity index (χ0n) is 9.41. The van der Waals surface area contributed by atoms with Crippen molar-refractivity contribution in [3.63, 3.8) is 0 Å². The standard InChI is InChI=1S/C13H9N3O2/c14-8-13-11-5-1-2-6-12(11)16(17)15(13)9-10-4-3-7-18-10/h1-7H,9H2. The van der Waals surface area contributed by atoms with Gasteiger partial charge in [-0.2, -0.15) is 5.26 Å². The quantitative estimate of drug-likeness (QED) is 0.505. The second-order valence-corrected chi connectivity index (χ2v) is 3.89. The maximum Gasteiger partial charge on any atom is 0.252 e. The van der Waals surface area contributed by atoms with Crippen molar-refractivity contribution in [3.8, 4) is 6.07 Å². The van der Waals surface area contributed by atoms with E-state index in [1.807, 2.05) is 0 Å². The van der Waals surface area contributed by atoms with Crippen LogP contribution < -0.4 is 4.85 Å². The highest BCUT2D eigenvalue weighted by molar-refractivity contribution is 5.81. The molecule has 0 saturated heterocycles. The maximum atomic E-state index is 12.1. The molecular weight excluding hydrogens is 230 g/mol. The Kier molecular flexibility index (Phi) is 2.27. The fraction of sp³-hybridized carbons (Fsp3) is 0.0769. The highest BCUT2D eigenvalue weighted by Crippen LogP contribution is 2.17. The number of nitriles is 1. The number of hydrogen-bond acceptors (Lipinski definition) is 3. The van der Waals surface area contributed by atoms with Crippen molar-refractivity contribution in [2.24, 2.45) is 0 Å². The molecule has 0 amide bonds. The number of furan rings is 1. The van der Waals surface area contributed by atoms with Crippen molar-refractivity contribution in [1.82, 2.24) is 4.68 Å². The van der Waals surface area contributed by atoms with Crippen LogP contribution in [-0.2, 0) is 6.54 Å². The van der Waals surface area contributed by atoms with Gasteiger partial charge in [0.2, 0.25) is 0 Å². The Morgan fingerprint density at radius 3 is 2.83 bits per heavy atom. The van der Waals surface area contributed by atoms with Gasteiger partial charge < -0.3 is 9.62 Å². The monoisotopic (exact) mass is 239 g/mol. The number of hydrogen-bond donors (Lipinski definition) is 0. The van der Waals surface area contributed by atoms with E-state index in [0.717, 1.165) is 4.85 Å². The van der Waals surface area contributed by atoms with Crippen LogP contribution in [0.25, 0.3) is 10.9 Å². The van der Waals surface area contributed by atoms with Crippen LogP contribution in [0.4, 0.5) is 0 Å². The van der Waals surface area contributed by atoms with E-state index >= 15 is 0 Å². The highest BCUT2D eigenvalue weighted by atomic mass is 16.5. The third-order valence-electron chi connectivity index (χ3n) is 2.83.